The third kappa shape index (κ3) is 6.72. The Morgan fingerprint density at radius 1 is 1.07 bits per heavy atom. The van der Waals surface area contributed by atoms with Crippen molar-refractivity contribution in [2.24, 2.45) is 0 Å². The van der Waals surface area contributed by atoms with E-state index in [0.29, 0.717) is 16.5 Å². The Kier molecular flexibility index (Phi) is 7.89. The predicted octanol–water partition coefficient (Wildman–Crippen LogP) is 5.26. The zero-order valence-electron chi connectivity index (χ0n) is 15.2. The van der Waals surface area contributed by atoms with Crippen molar-refractivity contribution < 1.29 is 4.79 Å². The van der Waals surface area contributed by atoms with Crippen LogP contribution >= 0.6 is 35.0 Å². The molecule has 0 bridgehead atoms. The lowest BCUT2D eigenvalue weighted by Crippen LogP contribution is -2.44. The maximum absolute atomic E-state index is 12.2. The van der Waals surface area contributed by atoms with Gasteiger partial charge in [0, 0.05) is 42.7 Å². The van der Waals surface area contributed by atoms with Gasteiger partial charge in [-0.15, -0.1) is 11.8 Å². The standard InChI is InChI=1S/C21H24Cl2N2OS/c22-19-7-6-16(14-20(19)23)15-25-11-8-17(9-12-25)24-21(26)10-13-27-18-4-2-1-3-5-18/h1-7,14,17H,8-13,15H2,(H,24,26). The number of piperidine rings is 1. The molecule has 0 aromatic heterocycles. The lowest BCUT2D eigenvalue weighted by Gasteiger charge is -2.32. The largest absolute Gasteiger partial charge is 0.353 e. The number of likely N-dealkylation sites (tertiary alicyclic amines) is 1. The van der Waals surface area contributed by atoms with Gasteiger partial charge in [0.05, 0.1) is 10.0 Å². The highest BCUT2D eigenvalue weighted by molar-refractivity contribution is 7.99. The molecule has 1 aliphatic heterocycles. The van der Waals surface area contributed by atoms with Crippen molar-refractivity contribution >= 4 is 40.9 Å². The van der Waals surface area contributed by atoms with Crippen molar-refractivity contribution in [1.29, 1.82) is 0 Å². The Bertz CT molecular complexity index is 749. The minimum Gasteiger partial charge on any atom is -0.353 e. The summed E-state index contributed by atoms with van der Waals surface area (Å²) >= 11 is 13.8. The van der Waals surface area contributed by atoms with Gasteiger partial charge in [-0.3, -0.25) is 9.69 Å². The number of hydrogen-bond acceptors (Lipinski definition) is 3. The van der Waals surface area contributed by atoms with Crippen LogP contribution < -0.4 is 5.32 Å². The predicted molar refractivity (Wildman–Crippen MR) is 115 cm³/mol. The number of rotatable bonds is 7. The minimum atomic E-state index is 0.154. The van der Waals surface area contributed by atoms with Gasteiger partial charge in [0.1, 0.15) is 0 Å². The van der Waals surface area contributed by atoms with Crippen LogP contribution in [0.25, 0.3) is 0 Å². The number of nitrogens with one attached hydrogen (secondary N) is 1. The summed E-state index contributed by atoms with van der Waals surface area (Å²) in [5.41, 5.74) is 1.17. The van der Waals surface area contributed by atoms with Crippen molar-refractivity contribution in [2.45, 2.75) is 36.7 Å². The molecule has 2 aromatic carbocycles. The van der Waals surface area contributed by atoms with E-state index in [2.05, 4.69) is 22.3 Å². The molecule has 1 heterocycles. The smallest absolute Gasteiger partial charge is 0.221 e. The molecule has 1 fully saturated rings. The molecule has 0 saturated carbocycles. The number of thioether (sulfide) groups is 1. The maximum Gasteiger partial charge on any atom is 0.221 e. The normalized spacial score (nSPS) is 15.6. The van der Waals surface area contributed by atoms with Gasteiger partial charge in [-0.05, 0) is 42.7 Å². The number of amides is 1. The summed E-state index contributed by atoms with van der Waals surface area (Å²) in [6.07, 6.45) is 2.53. The fourth-order valence-corrected chi connectivity index (χ4v) is 4.40. The van der Waals surface area contributed by atoms with Gasteiger partial charge in [-0.1, -0.05) is 47.5 Å². The molecule has 1 N–H and O–H groups in total. The third-order valence-corrected chi connectivity index (χ3v) is 6.44. The van der Waals surface area contributed by atoms with E-state index in [0.717, 1.165) is 38.2 Å². The molecule has 1 amide bonds. The molecule has 0 aliphatic carbocycles. The van der Waals surface area contributed by atoms with Gasteiger partial charge in [-0.25, -0.2) is 0 Å². The second-order valence-corrected chi connectivity index (χ2v) is 8.76. The summed E-state index contributed by atoms with van der Waals surface area (Å²) < 4.78 is 0. The molecule has 144 valence electrons. The quantitative estimate of drug-likeness (QED) is 0.617. The molecule has 0 radical (unpaired) electrons. The van der Waals surface area contributed by atoms with Crippen LogP contribution in [-0.4, -0.2) is 35.7 Å². The molecule has 0 unspecified atom stereocenters. The summed E-state index contributed by atoms with van der Waals surface area (Å²) in [6.45, 7) is 2.82. The summed E-state index contributed by atoms with van der Waals surface area (Å²) in [7, 11) is 0. The molecule has 3 nitrogen and oxygen atoms in total. The molecule has 6 heteroatoms. The molecule has 0 spiro atoms. The van der Waals surface area contributed by atoms with Crippen LogP contribution in [0.5, 0.6) is 0 Å². The fraction of sp³-hybridized carbons (Fsp3) is 0.381. The number of hydrogen-bond donors (Lipinski definition) is 1. The number of carbonyl (C=O) groups is 1. The molecule has 2 aromatic rings. The van der Waals surface area contributed by atoms with Crippen LogP contribution in [0.1, 0.15) is 24.8 Å². The molecule has 27 heavy (non-hydrogen) atoms. The van der Waals surface area contributed by atoms with E-state index in [1.54, 1.807) is 11.8 Å². The SMILES string of the molecule is O=C(CCSc1ccccc1)NC1CCN(Cc2ccc(Cl)c(Cl)c2)CC1. The van der Waals surface area contributed by atoms with Gasteiger partial charge in [0.25, 0.3) is 0 Å². The highest BCUT2D eigenvalue weighted by Gasteiger charge is 2.20. The molecule has 0 atom stereocenters. The Hall–Kier alpha value is -1.20. The van der Waals surface area contributed by atoms with Crippen LogP contribution in [0.15, 0.2) is 53.4 Å². The topological polar surface area (TPSA) is 32.3 Å². The molecular formula is C21H24Cl2N2OS. The first-order chi connectivity index (χ1) is 13.1. The summed E-state index contributed by atoms with van der Waals surface area (Å²) in [4.78, 5) is 15.8. The Morgan fingerprint density at radius 2 is 1.81 bits per heavy atom. The molecular weight excluding hydrogens is 399 g/mol. The first-order valence-electron chi connectivity index (χ1n) is 9.23. The van der Waals surface area contributed by atoms with Crippen LogP contribution in [0.3, 0.4) is 0 Å². The van der Waals surface area contributed by atoms with E-state index < -0.39 is 0 Å². The number of carbonyl (C=O) groups excluding carboxylic acids is 1. The van der Waals surface area contributed by atoms with Gasteiger partial charge in [0.2, 0.25) is 5.91 Å². The first-order valence-corrected chi connectivity index (χ1v) is 11.0. The number of nitrogens with zero attached hydrogens (tertiary/aromatic N) is 1. The zero-order chi connectivity index (χ0) is 19.1. The lowest BCUT2D eigenvalue weighted by atomic mass is 10.0. The molecule has 3 rings (SSSR count). The third-order valence-electron chi connectivity index (χ3n) is 4.68. The van der Waals surface area contributed by atoms with Crippen LogP contribution in [-0.2, 0) is 11.3 Å². The summed E-state index contributed by atoms with van der Waals surface area (Å²) in [5.74, 6) is 0.966. The second kappa shape index (κ2) is 10.4. The monoisotopic (exact) mass is 422 g/mol. The fourth-order valence-electron chi connectivity index (χ4n) is 3.21. The second-order valence-electron chi connectivity index (χ2n) is 6.78. The van der Waals surface area contributed by atoms with Crippen molar-refractivity contribution in [1.82, 2.24) is 10.2 Å². The number of benzene rings is 2. The highest BCUT2D eigenvalue weighted by atomic mass is 35.5. The van der Waals surface area contributed by atoms with Crippen molar-refractivity contribution in [3.05, 3.63) is 64.1 Å². The zero-order valence-corrected chi connectivity index (χ0v) is 17.5. The van der Waals surface area contributed by atoms with E-state index in [-0.39, 0.29) is 11.9 Å². The van der Waals surface area contributed by atoms with E-state index in [9.17, 15) is 4.79 Å². The lowest BCUT2D eigenvalue weighted by molar-refractivity contribution is -0.121. The maximum atomic E-state index is 12.2. The average molecular weight is 423 g/mol. The van der Waals surface area contributed by atoms with Gasteiger partial charge in [-0.2, -0.15) is 0 Å². The molecule has 1 saturated heterocycles. The van der Waals surface area contributed by atoms with E-state index in [1.165, 1.54) is 10.5 Å². The van der Waals surface area contributed by atoms with E-state index in [4.69, 9.17) is 23.2 Å². The summed E-state index contributed by atoms with van der Waals surface area (Å²) in [5, 5.41) is 4.38. The Labute approximate surface area is 175 Å². The minimum absolute atomic E-state index is 0.154. The van der Waals surface area contributed by atoms with E-state index >= 15 is 0 Å². The first kappa shape index (κ1) is 20.5. The average Bonchev–Trinajstić information content (AvgIpc) is 2.67. The van der Waals surface area contributed by atoms with E-state index in [1.807, 2.05) is 36.4 Å². The Balaban J connectivity index is 1.35. The van der Waals surface area contributed by atoms with Gasteiger partial charge in [0.15, 0.2) is 0 Å². The highest BCUT2D eigenvalue weighted by Crippen LogP contribution is 2.24. The number of halogens is 2. The van der Waals surface area contributed by atoms with Crippen LogP contribution in [0.2, 0.25) is 10.0 Å². The van der Waals surface area contributed by atoms with Crippen molar-refractivity contribution in [3.63, 3.8) is 0 Å². The summed E-state index contributed by atoms with van der Waals surface area (Å²) in [6, 6.07) is 16.3. The molecule has 1 aliphatic rings. The Morgan fingerprint density at radius 3 is 2.52 bits per heavy atom. The van der Waals surface area contributed by atoms with Crippen LogP contribution in [0.4, 0.5) is 0 Å². The van der Waals surface area contributed by atoms with Crippen LogP contribution in [0, 0.1) is 0 Å². The van der Waals surface area contributed by atoms with Gasteiger partial charge < -0.3 is 5.32 Å². The van der Waals surface area contributed by atoms with Crippen molar-refractivity contribution in [2.75, 3.05) is 18.8 Å². The van der Waals surface area contributed by atoms with Crippen molar-refractivity contribution in [3.8, 4) is 0 Å². The van der Waals surface area contributed by atoms with Gasteiger partial charge >= 0.3 is 0 Å².